The zero-order valence-electron chi connectivity index (χ0n) is 15.8. The summed E-state index contributed by atoms with van der Waals surface area (Å²) < 4.78 is 74.3. The third-order valence-electron chi connectivity index (χ3n) is 5.05. The van der Waals surface area contributed by atoms with Crippen LogP contribution in [0.25, 0.3) is 10.8 Å². The number of fused-ring (bicyclic) bond motifs is 1. The van der Waals surface area contributed by atoms with E-state index in [0.29, 0.717) is 25.4 Å². The van der Waals surface area contributed by atoms with Crippen molar-refractivity contribution in [3.63, 3.8) is 0 Å². The van der Waals surface area contributed by atoms with E-state index in [-0.39, 0.29) is 21.7 Å². The van der Waals surface area contributed by atoms with Gasteiger partial charge in [-0.15, -0.1) is 0 Å². The average Bonchev–Trinajstić information content (AvgIpc) is 3.48. The molecule has 1 saturated heterocycles. The Morgan fingerprint density at radius 3 is 2.43 bits per heavy atom. The van der Waals surface area contributed by atoms with Gasteiger partial charge in [-0.2, -0.15) is 12.7 Å². The van der Waals surface area contributed by atoms with Gasteiger partial charge >= 0.3 is 10.4 Å². The van der Waals surface area contributed by atoms with Crippen LogP contribution in [0.3, 0.4) is 0 Å². The molecule has 2 heterocycles. The van der Waals surface area contributed by atoms with Gasteiger partial charge in [0.1, 0.15) is 5.82 Å². The van der Waals surface area contributed by atoms with E-state index in [9.17, 15) is 17.6 Å². The third-order valence-corrected chi connectivity index (χ3v) is 7.01. The molecule has 2 fully saturated rings. The van der Waals surface area contributed by atoms with Gasteiger partial charge in [0.15, 0.2) is 0 Å². The van der Waals surface area contributed by atoms with Gasteiger partial charge in [0.25, 0.3) is 5.56 Å². The van der Waals surface area contributed by atoms with Crippen molar-refractivity contribution in [3.05, 3.63) is 40.6 Å². The summed E-state index contributed by atoms with van der Waals surface area (Å²) in [6.07, 6.45) is 3.66. The minimum atomic E-state index is -4.67. The molecular formula is C17H22FN3O7S2. The lowest BCUT2D eigenvalue weighted by Gasteiger charge is -2.29. The first-order valence-corrected chi connectivity index (χ1v) is 12.1. The predicted octanol–water partition coefficient (Wildman–Crippen LogP) is 0.777. The SMILES string of the molecule is O=S(=O)(O)O.O=c1[nH]cc(F)c2c(S(=O)(=O)N3CCCNCC3C3CC3)cccc12. The Morgan fingerprint density at radius 2 is 1.80 bits per heavy atom. The molecule has 0 bridgehead atoms. The van der Waals surface area contributed by atoms with Crippen molar-refractivity contribution in [2.45, 2.75) is 30.2 Å². The molecule has 10 nitrogen and oxygen atoms in total. The van der Waals surface area contributed by atoms with Gasteiger partial charge in [0.05, 0.1) is 10.3 Å². The number of nitrogens with one attached hydrogen (secondary N) is 2. The highest BCUT2D eigenvalue weighted by molar-refractivity contribution is 7.89. The first kappa shape index (κ1) is 22.8. The molecule has 1 atom stereocenters. The van der Waals surface area contributed by atoms with Gasteiger partial charge in [-0.05, 0) is 43.9 Å². The van der Waals surface area contributed by atoms with Crippen LogP contribution in [0.15, 0.2) is 34.1 Å². The molecule has 13 heteroatoms. The molecule has 1 saturated carbocycles. The summed E-state index contributed by atoms with van der Waals surface area (Å²) in [7, 11) is -8.57. The molecule has 0 amide bonds. The van der Waals surface area contributed by atoms with E-state index in [1.807, 2.05) is 0 Å². The minimum absolute atomic E-state index is 0.0528. The second kappa shape index (κ2) is 8.69. The lowest BCUT2D eigenvalue weighted by Crippen LogP contribution is -2.45. The summed E-state index contributed by atoms with van der Waals surface area (Å²) in [4.78, 5) is 14.2. The largest absolute Gasteiger partial charge is 0.394 e. The first-order valence-electron chi connectivity index (χ1n) is 9.22. The van der Waals surface area contributed by atoms with Gasteiger partial charge in [-0.1, -0.05) is 6.07 Å². The molecule has 0 spiro atoms. The van der Waals surface area contributed by atoms with E-state index < -0.39 is 31.8 Å². The van der Waals surface area contributed by atoms with Crippen LogP contribution in [0, 0.1) is 11.7 Å². The lowest BCUT2D eigenvalue weighted by atomic mass is 10.2. The molecule has 4 N–H and O–H groups in total. The van der Waals surface area contributed by atoms with Crippen LogP contribution in [0.2, 0.25) is 0 Å². The summed E-state index contributed by atoms with van der Waals surface area (Å²) in [5, 5.41) is 3.22. The number of H-pyrrole nitrogens is 1. The van der Waals surface area contributed by atoms with Gasteiger partial charge in [0, 0.05) is 30.7 Å². The predicted molar refractivity (Wildman–Crippen MR) is 107 cm³/mol. The molecule has 166 valence electrons. The number of hydrogen-bond acceptors (Lipinski definition) is 6. The topological polar surface area (TPSA) is 157 Å². The molecule has 0 radical (unpaired) electrons. The fourth-order valence-corrected chi connectivity index (χ4v) is 5.59. The Hall–Kier alpha value is -1.90. The van der Waals surface area contributed by atoms with Gasteiger partial charge in [0.2, 0.25) is 10.0 Å². The maximum atomic E-state index is 14.4. The van der Waals surface area contributed by atoms with E-state index in [1.165, 1.54) is 22.5 Å². The van der Waals surface area contributed by atoms with E-state index in [4.69, 9.17) is 17.5 Å². The molecule has 4 rings (SSSR count). The Labute approximate surface area is 172 Å². The summed E-state index contributed by atoms with van der Waals surface area (Å²) in [6.45, 7) is 1.77. The zero-order chi connectivity index (χ0) is 22.1. The van der Waals surface area contributed by atoms with Crippen LogP contribution in [-0.2, 0) is 20.4 Å². The number of aromatic amines is 1. The third kappa shape index (κ3) is 5.22. The zero-order valence-corrected chi connectivity index (χ0v) is 17.4. The normalized spacial score (nSPS) is 21.0. The standard InChI is InChI=1S/C17H20FN3O3S.H2O4S/c18-13-9-20-17(22)12-3-1-4-15(16(12)13)25(23,24)21-8-2-7-19-10-14(21)11-5-6-11;1-5(2,3)4/h1,3-4,9,11,14,19H,2,5-8,10H2,(H,20,22);(H2,1,2,3,4). The van der Waals surface area contributed by atoms with Gasteiger partial charge in [-0.25, -0.2) is 12.8 Å². The second-order valence-corrected chi connectivity index (χ2v) is 9.93. The van der Waals surface area contributed by atoms with Crippen molar-refractivity contribution >= 4 is 31.2 Å². The molecule has 1 aliphatic carbocycles. The maximum absolute atomic E-state index is 14.4. The fraction of sp³-hybridized carbons (Fsp3) is 0.471. The van der Waals surface area contributed by atoms with Crippen LogP contribution in [0.1, 0.15) is 19.3 Å². The monoisotopic (exact) mass is 463 g/mol. The molecule has 2 aliphatic rings. The van der Waals surface area contributed by atoms with Crippen LogP contribution < -0.4 is 10.9 Å². The van der Waals surface area contributed by atoms with E-state index in [0.717, 1.165) is 25.6 Å². The molecule has 1 aromatic heterocycles. The van der Waals surface area contributed by atoms with Crippen LogP contribution in [0.5, 0.6) is 0 Å². The Bertz CT molecular complexity index is 1190. The molecule has 2 aromatic rings. The van der Waals surface area contributed by atoms with E-state index in [2.05, 4.69) is 10.3 Å². The second-order valence-electron chi connectivity index (χ2n) is 7.17. The lowest BCUT2D eigenvalue weighted by molar-refractivity contribution is 0.306. The van der Waals surface area contributed by atoms with E-state index in [1.54, 1.807) is 0 Å². The molecular weight excluding hydrogens is 441 g/mol. The van der Waals surface area contributed by atoms with Crippen molar-refractivity contribution < 1.29 is 30.3 Å². The highest BCUT2D eigenvalue weighted by Crippen LogP contribution is 2.38. The van der Waals surface area contributed by atoms with Crippen LogP contribution in [0.4, 0.5) is 4.39 Å². The fourth-order valence-electron chi connectivity index (χ4n) is 3.65. The minimum Gasteiger partial charge on any atom is -0.326 e. The number of nitrogens with zero attached hydrogens (tertiary/aromatic N) is 1. The van der Waals surface area contributed by atoms with E-state index >= 15 is 0 Å². The van der Waals surface area contributed by atoms with Crippen molar-refractivity contribution in [2.24, 2.45) is 5.92 Å². The summed E-state index contributed by atoms with van der Waals surface area (Å²) in [5.74, 6) is -0.381. The Balaban J connectivity index is 0.000000461. The Morgan fingerprint density at radius 1 is 1.13 bits per heavy atom. The molecule has 30 heavy (non-hydrogen) atoms. The number of sulfonamides is 1. The number of pyridine rings is 1. The molecule has 1 aromatic carbocycles. The van der Waals surface area contributed by atoms with Crippen molar-refractivity contribution in [1.82, 2.24) is 14.6 Å². The highest BCUT2D eigenvalue weighted by Gasteiger charge is 2.42. The quantitative estimate of drug-likeness (QED) is 0.486. The summed E-state index contributed by atoms with van der Waals surface area (Å²) in [6, 6.07) is 4.21. The Kier molecular flexibility index (Phi) is 6.60. The summed E-state index contributed by atoms with van der Waals surface area (Å²) >= 11 is 0. The average molecular weight is 464 g/mol. The number of rotatable bonds is 3. The molecule has 1 unspecified atom stereocenters. The number of halogens is 1. The van der Waals surface area contributed by atoms with Gasteiger partial charge in [-0.3, -0.25) is 13.9 Å². The smallest absolute Gasteiger partial charge is 0.326 e. The van der Waals surface area contributed by atoms with Crippen molar-refractivity contribution in [3.8, 4) is 0 Å². The number of benzene rings is 1. The first-order chi connectivity index (χ1) is 14.0. The summed E-state index contributed by atoms with van der Waals surface area (Å²) in [5.41, 5.74) is -0.496. The van der Waals surface area contributed by atoms with Crippen LogP contribution >= 0.6 is 0 Å². The number of hydrogen-bond donors (Lipinski definition) is 4. The maximum Gasteiger partial charge on any atom is 0.394 e. The number of aromatic nitrogens is 1. The van der Waals surface area contributed by atoms with Crippen LogP contribution in [-0.4, -0.2) is 60.9 Å². The highest BCUT2D eigenvalue weighted by atomic mass is 32.3. The van der Waals surface area contributed by atoms with Gasteiger partial charge < -0.3 is 10.3 Å². The molecule has 1 aliphatic heterocycles. The van der Waals surface area contributed by atoms with Crippen molar-refractivity contribution in [2.75, 3.05) is 19.6 Å². The van der Waals surface area contributed by atoms with Crippen molar-refractivity contribution in [1.29, 1.82) is 0 Å².